The molecule has 1 N–H and O–H groups in total. The molecule has 6 heteroatoms. The number of hydrogen-bond donors (Lipinski definition) is 1. The minimum Gasteiger partial charge on any atom is -0.497 e. The van der Waals surface area contributed by atoms with E-state index in [0.717, 1.165) is 32.7 Å². The summed E-state index contributed by atoms with van der Waals surface area (Å²) in [7, 11) is 3.14. The van der Waals surface area contributed by atoms with Crippen LogP contribution in [0.2, 0.25) is 0 Å². The Labute approximate surface area is 166 Å². The van der Waals surface area contributed by atoms with Crippen molar-refractivity contribution in [3.63, 3.8) is 0 Å². The van der Waals surface area contributed by atoms with Crippen LogP contribution in [0.25, 0.3) is 0 Å². The van der Waals surface area contributed by atoms with Gasteiger partial charge in [0, 0.05) is 37.8 Å². The number of rotatable bonds is 8. The largest absolute Gasteiger partial charge is 0.497 e. The van der Waals surface area contributed by atoms with Gasteiger partial charge in [-0.2, -0.15) is 0 Å². The molecule has 1 saturated heterocycles. The van der Waals surface area contributed by atoms with Crippen molar-refractivity contribution in [1.82, 2.24) is 10.2 Å². The summed E-state index contributed by atoms with van der Waals surface area (Å²) in [6, 6.07) is 15.5. The van der Waals surface area contributed by atoms with Crippen molar-refractivity contribution < 1.29 is 19.0 Å². The molecule has 2 aromatic rings. The lowest BCUT2D eigenvalue weighted by atomic mass is 10.1. The highest BCUT2D eigenvalue weighted by atomic mass is 16.5. The number of benzene rings is 2. The summed E-state index contributed by atoms with van der Waals surface area (Å²) in [5, 5.41) is 2.98. The summed E-state index contributed by atoms with van der Waals surface area (Å²) in [5.41, 5.74) is 1.75. The van der Waals surface area contributed by atoms with E-state index in [4.69, 9.17) is 14.2 Å². The second-order valence-corrected chi connectivity index (χ2v) is 6.78. The van der Waals surface area contributed by atoms with Gasteiger partial charge >= 0.3 is 0 Å². The number of methoxy groups -OCH3 is 2. The van der Waals surface area contributed by atoms with Crippen LogP contribution in [-0.2, 0) is 4.74 Å². The Hall–Kier alpha value is -2.57. The van der Waals surface area contributed by atoms with Crippen molar-refractivity contribution in [1.29, 1.82) is 0 Å². The molecule has 0 spiro atoms. The number of ether oxygens (including phenoxy) is 3. The lowest BCUT2D eigenvalue weighted by Gasteiger charge is -2.33. The highest BCUT2D eigenvalue weighted by Gasteiger charge is 2.21. The van der Waals surface area contributed by atoms with Gasteiger partial charge in [0.05, 0.1) is 26.9 Å². The average Bonchev–Trinajstić information content (AvgIpc) is 2.77. The summed E-state index contributed by atoms with van der Waals surface area (Å²) in [5.74, 6) is 1.08. The van der Waals surface area contributed by atoms with Crippen LogP contribution < -0.4 is 14.8 Å². The van der Waals surface area contributed by atoms with Crippen LogP contribution in [-0.4, -0.2) is 57.8 Å². The van der Waals surface area contributed by atoms with Crippen LogP contribution in [0.3, 0.4) is 0 Å². The molecule has 1 fully saturated rings. The maximum atomic E-state index is 12.4. The molecular weight excluding hydrogens is 356 g/mol. The van der Waals surface area contributed by atoms with Crippen molar-refractivity contribution in [2.75, 3.05) is 47.0 Å². The Morgan fingerprint density at radius 1 is 1.14 bits per heavy atom. The molecule has 3 rings (SSSR count). The van der Waals surface area contributed by atoms with E-state index in [0.29, 0.717) is 23.6 Å². The molecule has 1 aliphatic rings. The Bertz CT molecular complexity index is 744. The van der Waals surface area contributed by atoms with Gasteiger partial charge in [-0.3, -0.25) is 9.69 Å². The third kappa shape index (κ3) is 5.47. The summed E-state index contributed by atoms with van der Waals surface area (Å²) in [4.78, 5) is 14.8. The van der Waals surface area contributed by atoms with Crippen LogP contribution in [0.4, 0.5) is 0 Å². The van der Waals surface area contributed by atoms with Crippen LogP contribution in [0.1, 0.15) is 28.4 Å². The van der Waals surface area contributed by atoms with E-state index in [1.54, 1.807) is 32.4 Å². The number of amides is 1. The summed E-state index contributed by atoms with van der Waals surface area (Å²) in [6.07, 6.45) is 1.00. The minimum absolute atomic E-state index is 0.119. The SMILES string of the molecule is COc1cc(OC)cc(C(=O)NCCCN2CCOC(c3ccccc3)C2)c1. The first kappa shape index (κ1) is 20.2. The fourth-order valence-electron chi connectivity index (χ4n) is 3.32. The van der Waals surface area contributed by atoms with E-state index in [9.17, 15) is 4.79 Å². The number of carbonyl (C=O) groups is 1. The molecular formula is C22H28N2O4. The lowest BCUT2D eigenvalue weighted by molar-refractivity contribution is -0.0301. The van der Waals surface area contributed by atoms with Crippen molar-refractivity contribution >= 4 is 5.91 Å². The number of carbonyl (C=O) groups excluding carboxylic acids is 1. The Balaban J connectivity index is 1.45. The molecule has 0 aromatic heterocycles. The zero-order valence-corrected chi connectivity index (χ0v) is 16.5. The minimum atomic E-state index is -0.124. The number of nitrogens with one attached hydrogen (secondary N) is 1. The third-order valence-electron chi connectivity index (χ3n) is 4.87. The number of morpholine rings is 1. The summed E-state index contributed by atoms with van der Waals surface area (Å²) < 4.78 is 16.3. The van der Waals surface area contributed by atoms with Crippen LogP contribution in [0.5, 0.6) is 11.5 Å². The predicted molar refractivity (Wildman–Crippen MR) is 108 cm³/mol. The van der Waals surface area contributed by atoms with Gasteiger partial charge in [-0.25, -0.2) is 0 Å². The zero-order chi connectivity index (χ0) is 19.8. The van der Waals surface area contributed by atoms with E-state index in [1.165, 1.54) is 5.56 Å². The van der Waals surface area contributed by atoms with Gasteiger partial charge in [0.1, 0.15) is 11.5 Å². The first-order valence-electron chi connectivity index (χ1n) is 9.60. The van der Waals surface area contributed by atoms with Crippen LogP contribution >= 0.6 is 0 Å². The molecule has 28 heavy (non-hydrogen) atoms. The van der Waals surface area contributed by atoms with Crippen molar-refractivity contribution in [2.24, 2.45) is 0 Å². The Morgan fingerprint density at radius 2 is 1.86 bits per heavy atom. The number of nitrogens with zero attached hydrogens (tertiary/aromatic N) is 1. The fraction of sp³-hybridized carbons (Fsp3) is 0.409. The maximum Gasteiger partial charge on any atom is 0.251 e. The molecule has 1 unspecified atom stereocenters. The molecule has 0 aliphatic carbocycles. The highest BCUT2D eigenvalue weighted by Crippen LogP contribution is 2.23. The van der Waals surface area contributed by atoms with Gasteiger partial charge in [-0.15, -0.1) is 0 Å². The first-order chi connectivity index (χ1) is 13.7. The van der Waals surface area contributed by atoms with E-state index < -0.39 is 0 Å². The third-order valence-corrected chi connectivity index (χ3v) is 4.87. The summed E-state index contributed by atoms with van der Waals surface area (Å²) >= 11 is 0. The fourth-order valence-corrected chi connectivity index (χ4v) is 3.32. The van der Waals surface area contributed by atoms with Crippen molar-refractivity contribution in [3.05, 3.63) is 59.7 Å². The van der Waals surface area contributed by atoms with Gasteiger partial charge in [-0.1, -0.05) is 30.3 Å². The predicted octanol–water partition coefficient (Wildman–Crippen LogP) is 2.90. The van der Waals surface area contributed by atoms with Crippen molar-refractivity contribution in [2.45, 2.75) is 12.5 Å². The first-order valence-corrected chi connectivity index (χ1v) is 9.60. The normalized spacial score (nSPS) is 17.1. The molecule has 1 amide bonds. The van der Waals surface area contributed by atoms with Gasteiger partial charge in [0.2, 0.25) is 0 Å². The second-order valence-electron chi connectivity index (χ2n) is 6.78. The zero-order valence-electron chi connectivity index (χ0n) is 16.5. The average molecular weight is 384 g/mol. The van der Waals surface area contributed by atoms with Crippen molar-refractivity contribution in [3.8, 4) is 11.5 Å². The molecule has 1 atom stereocenters. The molecule has 150 valence electrons. The molecule has 0 saturated carbocycles. The van der Waals surface area contributed by atoms with E-state index >= 15 is 0 Å². The molecule has 6 nitrogen and oxygen atoms in total. The lowest BCUT2D eigenvalue weighted by Crippen LogP contribution is -2.39. The molecule has 0 bridgehead atoms. The number of hydrogen-bond acceptors (Lipinski definition) is 5. The quantitative estimate of drug-likeness (QED) is 0.709. The maximum absolute atomic E-state index is 12.4. The van der Waals surface area contributed by atoms with Gasteiger partial charge in [-0.05, 0) is 24.1 Å². The molecule has 2 aromatic carbocycles. The Kier molecular flexibility index (Phi) is 7.28. The monoisotopic (exact) mass is 384 g/mol. The summed E-state index contributed by atoms with van der Waals surface area (Å²) in [6.45, 7) is 4.07. The smallest absolute Gasteiger partial charge is 0.251 e. The highest BCUT2D eigenvalue weighted by molar-refractivity contribution is 5.95. The second kappa shape index (κ2) is 10.1. The van der Waals surface area contributed by atoms with E-state index in [1.807, 2.05) is 18.2 Å². The van der Waals surface area contributed by atoms with Gasteiger partial charge < -0.3 is 19.5 Å². The van der Waals surface area contributed by atoms with Crippen LogP contribution in [0, 0.1) is 0 Å². The van der Waals surface area contributed by atoms with Gasteiger partial charge in [0.15, 0.2) is 0 Å². The molecule has 0 radical (unpaired) electrons. The van der Waals surface area contributed by atoms with E-state index in [-0.39, 0.29) is 12.0 Å². The van der Waals surface area contributed by atoms with Crippen LogP contribution in [0.15, 0.2) is 48.5 Å². The Morgan fingerprint density at radius 3 is 2.54 bits per heavy atom. The molecule has 1 heterocycles. The van der Waals surface area contributed by atoms with Gasteiger partial charge in [0.25, 0.3) is 5.91 Å². The standard InChI is InChI=1S/C22H28N2O4/c1-26-19-13-18(14-20(15-19)27-2)22(25)23-9-6-10-24-11-12-28-21(16-24)17-7-4-3-5-8-17/h3-5,7-8,13-15,21H,6,9-12,16H2,1-2H3,(H,23,25). The molecule has 1 aliphatic heterocycles. The van der Waals surface area contributed by atoms with E-state index in [2.05, 4.69) is 22.3 Å². The topological polar surface area (TPSA) is 60.0 Å².